The second kappa shape index (κ2) is 14.5. The zero-order valence-corrected chi connectivity index (χ0v) is 21.7. The van der Waals surface area contributed by atoms with Crippen molar-refractivity contribution in [3.63, 3.8) is 0 Å². The van der Waals surface area contributed by atoms with Crippen LogP contribution in [0.25, 0.3) is 10.8 Å². The number of phenols is 1. The number of phenolic OH excluding ortho intramolecular Hbond substituents is 1. The van der Waals surface area contributed by atoms with Crippen LogP contribution in [0.15, 0.2) is 79.3 Å². The molecule has 3 aromatic carbocycles. The molecule has 0 unspecified atom stereocenters. The zero-order valence-electron chi connectivity index (χ0n) is 21.7. The summed E-state index contributed by atoms with van der Waals surface area (Å²) in [4.78, 5) is 13.2. The fraction of sp³-hybridized carbons (Fsp3) is 0.276. The molecule has 0 radical (unpaired) electrons. The van der Waals surface area contributed by atoms with Crippen molar-refractivity contribution < 1.29 is 38.3 Å². The minimum atomic E-state index is -0.498. The molecule has 0 aromatic heterocycles. The molecule has 202 valence electrons. The average molecular weight is 524 g/mol. The lowest BCUT2D eigenvalue weighted by Gasteiger charge is -2.16. The zero-order chi connectivity index (χ0) is 27.3. The molecule has 9 nitrogen and oxygen atoms in total. The van der Waals surface area contributed by atoms with E-state index in [1.54, 1.807) is 44.2 Å². The molecule has 0 spiro atoms. The number of anilines is 1. The Morgan fingerprint density at radius 3 is 2.05 bits per heavy atom. The number of amides is 1. The van der Waals surface area contributed by atoms with Gasteiger partial charge in [-0.25, -0.2) is 0 Å². The maximum Gasteiger partial charge on any atom is 0.259 e. The number of carbonyl (C=O) groups excluding carboxylic acids is 1. The number of fused-ring (bicyclic) bond motifs is 1. The van der Waals surface area contributed by atoms with Gasteiger partial charge in [-0.05, 0) is 48.9 Å². The molecule has 0 atom stereocenters. The molecule has 2 N–H and O–H groups in total. The highest BCUT2D eigenvalue weighted by atomic mass is 16.7. The summed E-state index contributed by atoms with van der Waals surface area (Å²) >= 11 is 0. The van der Waals surface area contributed by atoms with Gasteiger partial charge in [0.15, 0.2) is 13.6 Å². The first kappa shape index (κ1) is 28.4. The smallest absolute Gasteiger partial charge is 0.259 e. The van der Waals surface area contributed by atoms with Gasteiger partial charge in [0.1, 0.15) is 30.5 Å². The molecule has 38 heavy (non-hydrogen) atoms. The summed E-state index contributed by atoms with van der Waals surface area (Å²) in [6.07, 6.45) is 0. The summed E-state index contributed by atoms with van der Waals surface area (Å²) in [5.74, 6) is 1.38. The highest BCUT2D eigenvalue weighted by Crippen LogP contribution is 2.32. The van der Waals surface area contributed by atoms with Crippen LogP contribution in [0, 0.1) is 0 Å². The summed E-state index contributed by atoms with van der Waals surface area (Å²) in [6, 6.07) is 15.7. The van der Waals surface area contributed by atoms with E-state index < -0.39 is 5.91 Å². The van der Waals surface area contributed by atoms with Gasteiger partial charge in [0.25, 0.3) is 5.91 Å². The lowest BCUT2D eigenvalue weighted by atomic mass is 10.1. The van der Waals surface area contributed by atoms with E-state index in [2.05, 4.69) is 18.5 Å². The van der Waals surface area contributed by atoms with Crippen LogP contribution < -0.4 is 14.8 Å². The highest BCUT2D eigenvalue weighted by Gasteiger charge is 2.16. The molecule has 0 saturated heterocycles. The summed E-state index contributed by atoms with van der Waals surface area (Å²) in [5.41, 5.74) is 0.497. The van der Waals surface area contributed by atoms with E-state index in [-0.39, 0.29) is 44.7 Å². The van der Waals surface area contributed by atoms with Gasteiger partial charge >= 0.3 is 0 Å². The van der Waals surface area contributed by atoms with E-state index in [9.17, 15) is 9.90 Å². The van der Waals surface area contributed by atoms with Gasteiger partial charge in [-0.15, -0.1) is 0 Å². The van der Waals surface area contributed by atoms with Gasteiger partial charge < -0.3 is 38.8 Å². The minimum absolute atomic E-state index is 0.0653. The Morgan fingerprint density at radius 1 is 0.816 bits per heavy atom. The molecule has 3 rings (SSSR count). The summed E-state index contributed by atoms with van der Waals surface area (Å²) in [7, 11) is 0. The summed E-state index contributed by atoms with van der Waals surface area (Å²) in [6.45, 7) is 11.9. The Balaban J connectivity index is 1.69. The van der Waals surface area contributed by atoms with Crippen molar-refractivity contribution in [1.82, 2.24) is 0 Å². The quantitative estimate of drug-likeness (QED) is 0.142. The van der Waals surface area contributed by atoms with Crippen molar-refractivity contribution in [1.29, 1.82) is 0 Å². The van der Waals surface area contributed by atoms with Crippen LogP contribution in [-0.4, -0.2) is 51.0 Å². The number of hydrogen-bond donors (Lipinski definition) is 2. The molecular weight excluding hydrogens is 490 g/mol. The third kappa shape index (κ3) is 9.02. The van der Waals surface area contributed by atoms with Crippen LogP contribution in [0.3, 0.4) is 0 Å². The molecule has 0 aliphatic heterocycles. The molecule has 9 heteroatoms. The number of benzene rings is 3. The molecule has 1 amide bonds. The molecule has 0 bridgehead atoms. The molecule has 0 saturated carbocycles. The third-order valence-corrected chi connectivity index (χ3v) is 5.07. The van der Waals surface area contributed by atoms with Crippen LogP contribution in [0.4, 0.5) is 5.69 Å². The van der Waals surface area contributed by atoms with Crippen molar-refractivity contribution in [2.75, 3.05) is 45.3 Å². The van der Waals surface area contributed by atoms with Gasteiger partial charge in [0.05, 0.1) is 36.0 Å². The Labute approximate surface area is 222 Å². The third-order valence-electron chi connectivity index (χ3n) is 5.07. The van der Waals surface area contributed by atoms with Gasteiger partial charge in [0, 0.05) is 6.07 Å². The Morgan fingerprint density at radius 2 is 1.42 bits per heavy atom. The topological polar surface area (TPSA) is 105 Å². The van der Waals surface area contributed by atoms with Crippen LogP contribution in [0.1, 0.15) is 24.2 Å². The first-order chi connectivity index (χ1) is 18.3. The van der Waals surface area contributed by atoms with E-state index in [1.165, 1.54) is 0 Å². The van der Waals surface area contributed by atoms with E-state index in [0.29, 0.717) is 35.3 Å². The first-order valence-corrected chi connectivity index (χ1v) is 12.0. The first-order valence-electron chi connectivity index (χ1n) is 12.0. The Hall–Kier alpha value is -4.21. The lowest BCUT2D eigenvalue weighted by molar-refractivity contribution is -0.0315. The van der Waals surface area contributed by atoms with Crippen molar-refractivity contribution in [3.8, 4) is 17.2 Å². The molecule has 0 heterocycles. The molecule has 3 aromatic rings. The highest BCUT2D eigenvalue weighted by molar-refractivity contribution is 6.09. The SMILES string of the molecule is C=C(C)OCOCCOc1ccc(OCCOCOC(=C)C)c(NC(=O)c2cc3ccccc3cc2O)c1. The fourth-order valence-electron chi connectivity index (χ4n) is 3.25. The standard InChI is InChI=1S/C29H33NO8/c1-20(2)37-18-33-11-13-35-24-9-10-28(36-14-12-34-19-38-21(3)4)26(17-24)30-29(32)25-15-22-7-5-6-8-23(22)16-27(25)31/h5-10,15-17,31H,1,3,11-14,18-19H2,2,4H3,(H,30,32). The number of aromatic hydroxyl groups is 1. The normalized spacial score (nSPS) is 10.6. The average Bonchev–Trinajstić information content (AvgIpc) is 2.88. The molecule has 0 aliphatic rings. The van der Waals surface area contributed by atoms with Crippen molar-refractivity contribution in [3.05, 3.63) is 84.8 Å². The minimum Gasteiger partial charge on any atom is -0.507 e. The van der Waals surface area contributed by atoms with Gasteiger partial charge in [-0.3, -0.25) is 4.79 Å². The number of nitrogens with one attached hydrogen (secondary N) is 1. The Bertz CT molecular complexity index is 1260. The largest absolute Gasteiger partial charge is 0.507 e. The number of rotatable bonds is 16. The van der Waals surface area contributed by atoms with Gasteiger partial charge in [-0.2, -0.15) is 0 Å². The second-order valence-electron chi connectivity index (χ2n) is 8.27. The predicted octanol–water partition coefficient (Wildman–Crippen LogP) is 5.60. The number of carbonyl (C=O) groups is 1. The van der Waals surface area contributed by atoms with Crippen molar-refractivity contribution >= 4 is 22.4 Å². The maximum atomic E-state index is 13.2. The number of hydrogen-bond acceptors (Lipinski definition) is 8. The molecular formula is C29H33NO8. The molecule has 0 aliphatic carbocycles. The second-order valence-corrected chi connectivity index (χ2v) is 8.27. The summed E-state index contributed by atoms with van der Waals surface area (Å²) < 4.78 is 32.6. The fourth-order valence-corrected chi connectivity index (χ4v) is 3.25. The summed E-state index contributed by atoms with van der Waals surface area (Å²) in [5, 5.41) is 15.0. The Kier molecular flexibility index (Phi) is 10.8. The van der Waals surface area contributed by atoms with E-state index >= 15 is 0 Å². The van der Waals surface area contributed by atoms with Gasteiger partial charge in [-0.1, -0.05) is 37.4 Å². The van der Waals surface area contributed by atoms with E-state index in [4.69, 9.17) is 28.4 Å². The van der Waals surface area contributed by atoms with Crippen LogP contribution in [0.5, 0.6) is 17.2 Å². The van der Waals surface area contributed by atoms with Crippen LogP contribution >= 0.6 is 0 Å². The van der Waals surface area contributed by atoms with Crippen molar-refractivity contribution in [2.45, 2.75) is 13.8 Å². The van der Waals surface area contributed by atoms with Crippen LogP contribution in [-0.2, 0) is 18.9 Å². The van der Waals surface area contributed by atoms with Crippen molar-refractivity contribution in [2.24, 2.45) is 0 Å². The molecule has 0 fully saturated rings. The van der Waals surface area contributed by atoms with E-state index in [0.717, 1.165) is 10.8 Å². The van der Waals surface area contributed by atoms with E-state index in [1.807, 2.05) is 24.3 Å². The number of ether oxygens (including phenoxy) is 6. The monoisotopic (exact) mass is 523 g/mol. The maximum absolute atomic E-state index is 13.2. The lowest BCUT2D eigenvalue weighted by Crippen LogP contribution is -2.15. The van der Waals surface area contributed by atoms with Gasteiger partial charge in [0.2, 0.25) is 0 Å². The van der Waals surface area contributed by atoms with Crippen LogP contribution in [0.2, 0.25) is 0 Å². The number of allylic oxidation sites excluding steroid dienone is 2. The predicted molar refractivity (Wildman–Crippen MR) is 144 cm³/mol.